The molecule has 0 aliphatic carbocycles. The number of para-hydroxylation sites is 1. The van der Waals surface area contributed by atoms with Gasteiger partial charge in [0, 0.05) is 17.1 Å². The summed E-state index contributed by atoms with van der Waals surface area (Å²) in [4.78, 5) is 0.606. The fraction of sp³-hybridized carbons (Fsp3) is 0.174. The quantitative estimate of drug-likeness (QED) is 0.505. The molecule has 5 heteroatoms. The highest BCUT2D eigenvalue weighted by Crippen LogP contribution is 2.32. The van der Waals surface area contributed by atoms with Crippen molar-refractivity contribution in [3.05, 3.63) is 94.0 Å². The number of nitrogens with one attached hydrogen (secondary N) is 1. The maximum atomic E-state index is 6.25. The molecule has 3 rings (SSSR count). The van der Waals surface area contributed by atoms with Crippen LogP contribution in [0.2, 0.25) is 5.02 Å². The van der Waals surface area contributed by atoms with Crippen molar-refractivity contribution in [1.29, 1.82) is 0 Å². The van der Waals surface area contributed by atoms with Crippen molar-refractivity contribution in [1.82, 2.24) is 5.32 Å². The minimum atomic E-state index is 0.327. The first-order chi connectivity index (χ1) is 13.6. The smallest absolute Gasteiger partial charge is 0.171 e. The van der Waals surface area contributed by atoms with Crippen LogP contribution in [0.4, 0.5) is 0 Å². The summed E-state index contributed by atoms with van der Waals surface area (Å²) in [5.74, 6) is 1.23. The van der Waals surface area contributed by atoms with Gasteiger partial charge in [-0.05, 0) is 30.7 Å². The first-order valence-electron chi connectivity index (χ1n) is 8.95. The number of aryl methyl sites for hydroxylation is 1. The summed E-state index contributed by atoms with van der Waals surface area (Å²) in [5.41, 5.74) is 4.08. The highest BCUT2D eigenvalue weighted by atomic mass is 35.5. The van der Waals surface area contributed by atoms with Crippen LogP contribution in [-0.2, 0) is 13.2 Å². The molecular formula is C23H22ClNO2S. The van der Waals surface area contributed by atoms with E-state index in [0.717, 1.165) is 11.1 Å². The molecule has 0 aliphatic rings. The second kappa shape index (κ2) is 9.58. The van der Waals surface area contributed by atoms with Crippen LogP contribution >= 0.6 is 23.8 Å². The van der Waals surface area contributed by atoms with Crippen LogP contribution in [0.15, 0.2) is 66.7 Å². The maximum Gasteiger partial charge on any atom is 0.171 e. The molecule has 1 N–H and O–H groups in total. The number of benzene rings is 3. The van der Waals surface area contributed by atoms with Gasteiger partial charge in [-0.25, -0.2) is 0 Å². The molecule has 28 heavy (non-hydrogen) atoms. The van der Waals surface area contributed by atoms with Gasteiger partial charge in [0.05, 0.1) is 12.7 Å². The molecule has 0 bridgehead atoms. The van der Waals surface area contributed by atoms with Crippen LogP contribution in [0.3, 0.4) is 0 Å². The maximum absolute atomic E-state index is 6.25. The molecule has 0 saturated carbocycles. The average Bonchev–Trinajstić information content (AvgIpc) is 2.71. The third kappa shape index (κ3) is 5.03. The minimum Gasteiger partial charge on any atom is -0.493 e. The van der Waals surface area contributed by atoms with Crippen LogP contribution in [0, 0.1) is 6.92 Å². The lowest BCUT2D eigenvalue weighted by molar-refractivity contribution is 0.284. The van der Waals surface area contributed by atoms with E-state index in [0.29, 0.717) is 34.7 Å². The van der Waals surface area contributed by atoms with Crippen molar-refractivity contribution >= 4 is 28.8 Å². The van der Waals surface area contributed by atoms with E-state index in [1.165, 1.54) is 11.1 Å². The summed E-state index contributed by atoms with van der Waals surface area (Å²) >= 11 is 11.9. The Kier molecular flexibility index (Phi) is 6.90. The molecule has 0 amide bonds. The largest absolute Gasteiger partial charge is 0.493 e. The van der Waals surface area contributed by atoms with Gasteiger partial charge in [0.15, 0.2) is 11.5 Å². The van der Waals surface area contributed by atoms with Crippen LogP contribution in [0.1, 0.15) is 22.3 Å². The van der Waals surface area contributed by atoms with Crippen LogP contribution in [-0.4, -0.2) is 12.1 Å². The van der Waals surface area contributed by atoms with Crippen molar-refractivity contribution in [2.75, 3.05) is 7.11 Å². The summed E-state index contributed by atoms with van der Waals surface area (Å²) in [6.07, 6.45) is 0. The molecule has 0 fully saturated rings. The Morgan fingerprint density at radius 1 is 1.04 bits per heavy atom. The molecule has 0 unspecified atom stereocenters. The topological polar surface area (TPSA) is 30.5 Å². The number of halogens is 1. The fourth-order valence-corrected chi connectivity index (χ4v) is 3.29. The molecule has 3 aromatic rings. The summed E-state index contributed by atoms with van der Waals surface area (Å²) in [5, 5.41) is 3.98. The van der Waals surface area contributed by atoms with E-state index in [-0.39, 0.29) is 0 Å². The van der Waals surface area contributed by atoms with E-state index in [9.17, 15) is 0 Å². The van der Waals surface area contributed by atoms with Crippen molar-refractivity contribution < 1.29 is 9.47 Å². The van der Waals surface area contributed by atoms with Gasteiger partial charge in [-0.1, -0.05) is 77.9 Å². The lowest BCUT2D eigenvalue weighted by Gasteiger charge is -2.17. The summed E-state index contributed by atoms with van der Waals surface area (Å²) in [7, 11) is 1.62. The monoisotopic (exact) mass is 411 g/mol. The van der Waals surface area contributed by atoms with Crippen molar-refractivity contribution in [2.45, 2.75) is 20.1 Å². The van der Waals surface area contributed by atoms with Crippen LogP contribution in [0.5, 0.6) is 11.5 Å². The van der Waals surface area contributed by atoms with Gasteiger partial charge in [0.1, 0.15) is 11.6 Å². The molecule has 0 heterocycles. The zero-order chi connectivity index (χ0) is 19.9. The molecule has 0 aliphatic heterocycles. The Balaban J connectivity index is 1.78. The Bertz CT molecular complexity index is 974. The van der Waals surface area contributed by atoms with Gasteiger partial charge < -0.3 is 14.8 Å². The molecule has 0 radical (unpaired) electrons. The number of ether oxygens (including phenoxy) is 2. The number of rotatable bonds is 7. The van der Waals surface area contributed by atoms with E-state index in [4.69, 9.17) is 33.3 Å². The average molecular weight is 412 g/mol. The SMILES string of the molecule is COc1cccc(C(=S)NCc2cccc(C)c2)c1OCc1ccccc1Cl. The number of methoxy groups -OCH3 is 1. The van der Waals surface area contributed by atoms with E-state index in [2.05, 4.69) is 30.4 Å². The Hall–Kier alpha value is -2.56. The summed E-state index contributed by atoms with van der Waals surface area (Å²) in [6, 6.07) is 21.6. The number of thiocarbonyl (C=S) groups is 1. The van der Waals surface area contributed by atoms with E-state index in [1.54, 1.807) is 7.11 Å². The van der Waals surface area contributed by atoms with Gasteiger partial charge >= 0.3 is 0 Å². The molecule has 0 atom stereocenters. The van der Waals surface area contributed by atoms with Gasteiger partial charge in [-0.2, -0.15) is 0 Å². The predicted molar refractivity (Wildman–Crippen MR) is 118 cm³/mol. The predicted octanol–water partition coefficient (Wildman–Crippen LogP) is 5.70. The van der Waals surface area contributed by atoms with Crippen LogP contribution < -0.4 is 14.8 Å². The normalized spacial score (nSPS) is 10.4. The molecule has 3 nitrogen and oxygen atoms in total. The second-order valence-corrected chi connectivity index (χ2v) is 7.20. The van der Waals surface area contributed by atoms with Gasteiger partial charge in [0.25, 0.3) is 0 Å². The highest BCUT2D eigenvalue weighted by Gasteiger charge is 2.15. The first-order valence-corrected chi connectivity index (χ1v) is 9.74. The lowest BCUT2D eigenvalue weighted by atomic mass is 10.1. The first kappa shape index (κ1) is 20.2. The number of hydrogen-bond acceptors (Lipinski definition) is 3. The molecule has 144 valence electrons. The summed E-state index contributed by atoms with van der Waals surface area (Å²) < 4.78 is 11.6. The van der Waals surface area contributed by atoms with E-state index < -0.39 is 0 Å². The minimum absolute atomic E-state index is 0.327. The standard InChI is InChI=1S/C23H22ClNO2S/c1-16-7-5-8-17(13-16)14-25-23(28)19-10-6-12-21(26-2)22(19)27-15-18-9-3-4-11-20(18)24/h3-13H,14-15H2,1-2H3,(H,25,28). The molecular weight excluding hydrogens is 390 g/mol. The second-order valence-electron chi connectivity index (χ2n) is 6.39. The lowest BCUT2D eigenvalue weighted by Crippen LogP contribution is -2.22. The van der Waals surface area contributed by atoms with Crippen LogP contribution in [0.25, 0.3) is 0 Å². The van der Waals surface area contributed by atoms with Gasteiger partial charge in [0.2, 0.25) is 0 Å². The zero-order valence-electron chi connectivity index (χ0n) is 15.9. The molecule has 0 aromatic heterocycles. The molecule has 3 aromatic carbocycles. The van der Waals surface area contributed by atoms with Crippen molar-refractivity contribution in [2.24, 2.45) is 0 Å². The van der Waals surface area contributed by atoms with Crippen molar-refractivity contribution in [3.8, 4) is 11.5 Å². The zero-order valence-corrected chi connectivity index (χ0v) is 17.4. The fourth-order valence-electron chi connectivity index (χ4n) is 2.87. The number of hydrogen-bond donors (Lipinski definition) is 1. The van der Waals surface area contributed by atoms with Crippen molar-refractivity contribution in [3.63, 3.8) is 0 Å². The third-order valence-electron chi connectivity index (χ3n) is 4.31. The Morgan fingerprint density at radius 2 is 1.82 bits per heavy atom. The third-order valence-corrected chi connectivity index (χ3v) is 5.04. The van der Waals surface area contributed by atoms with Gasteiger partial charge in [-0.3, -0.25) is 0 Å². The highest BCUT2D eigenvalue weighted by molar-refractivity contribution is 7.80. The van der Waals surface area contributed by atoms with E-state index >= 15 is 0 Å². The Morgan fingerprint density at radius 3 is 2.57 bits per heavy atom. The Labute approximate surface area is 176 Å². The summed E-state index contributed by atoms with van der Waals surface area (Å²) in [6.45, 7) is 3.04. The molecule has 0 saturated heterocycles. The van der Waals surface area contributed by atoms with E-state index in [1.807, 2.05) is 48.5 Å². The van der Waals surface area contributed by atoms with Gasteiger partial charge in [-0.15, -0.1) is 0 Å². The molecule has 0 spiro atoms.